The van der Waals surface area contributed by atoms with Crippen LogP contribution in [0.3, 0.4) is 0 Å². The Bertz CT molecular complexity index is 427. The molecule has 17 heavy (non-hydrogen) atoms. The first-order chi connectivity index (χ1) is 8.02. The fourth-order valence-corrected chi connectivity index (χ4v) is 2.35. The van der Waals surface area contributed by atoms with Crippen LogP contribution in [-0.2, 0) is 0 Å². The number of thiophene rings is 1. The van der Waals surface area contributed by atoms with Crippen molar-refractivity contribution in [1.29, 1.82) is 0 Å². The molecule has 1 aromatic rings. The van der Waals surface area contributed by atoms with Gasteiger partial charge in [-0.3, -0.25) is 4.79 Å². The summed E-state index contributed by atoms with van der Waals surface area (Å²) in [5.74, 6) is 0.336. The zero-order valence-electron chi connectivity index (χ0n) is 10.2. The molecule has 0 bridgehead atoms. The number of nitrogens with zero attached hydrogens (tertiary/aromatic N) is 1. The summed E-state index contributed by atoms with van der Waals surface area (Å²) in [7, 11) is 5.29. The lowest BCUT2D eigenvalue weighted by atomic mass is 10.3. The smallest absolute Gasteiger partial charge is 0.263 e. The highest BCUT2D eigenvalue weighted by Gasteiger charge is 2.22. The SMILES string of the molecule is C=CCNC(=O)c1sc(N(C)C)c(OC)c1N. The molecule has 0 atom stereocenters. The first-order valence-electron chi connectivity index (χ1n) is 5.05. The predicted octanol–water partition coefficient (Wildman–Crippen LogP) is 1.32. The van der Waals surface area contributed by atoms with Crippen LogP contribution in [0.2, 0.25) is 0 Å². The van der Waals surface area contributed by atoms with Crippen molar-refractivity contribution in [3.63, 3.8) is 0 Å². The molecule has 0 aliphatic carbocycles. The van der Waals surface area contributed by atoms with Crippen molar-refractivity contribution in [2.45, 2.75) is 0 Å². The standard InChI is InChI=1S/C11H17N3O2S/c1-5-6-13-10(15)9-7(12)8(16-4)11(17-9)14(2)3/h5H,1,6,12H2,2-4H3,(H,13,15). The van der Waals surface area contributed by atoms with Gasteiger partial charge in [-0.1, -0.05) is 6.08 Å². The van der Waals surface area contributed by atoms with E-state index in [9.17, 15) is 4.79 Å². The van der Waals surface area contributed by atoms with Crippen LogP contribution in [0.15, 0.2) is 12.7 Å². The third-order valence-corrected chi connectivity index (χ3v) is 3.46. The molecule has 0 aliphatic heterocycles. The number of carbonyl (C=O) groups is 1. The third-order valence-electron chi connectivity index (χ3n) is 2.11. The molecule has 1 heterocycles. The second kappa shape index (κ2) is 5.58. The van der Waals surface area contributed by atoms with E-state index in [2.05, 4.69) is 11.9 Å². The van der Waals surface area contributed by atoms with E-state index in [1.54, 1.807) is 6.08 Å². The highest BCUT2D eigenvalue weighted by Crippen LogP contribution is 2.43. The topological polar surface area (TPSA) is 67.6 Å². The molecule has 0 unspecified atom stereocenters. The molecule has 1 rings (SSSR count). The average molecular weight is 255 g/mol. The zero-order chi connectivity index (χ0) is 13.0. The molecule has 6 heteroatoms. The predicted molar refractivity (Wildman–Crippen MR) is 72.1 cm³/mol. The summed E-state index contributed by atoms with van der Waals surface area (Å²) in [6.07, 6.45) is 1.62. The Morgan fingerprint density at radius 1 is 1.65 bits per heavy atom. The van der Waals surface area contributed by atoms with Crippen molar-refractivity contribution in [1.82, 2.24) is 5.32 Å². The minimum absolute atomic E-state index is 0.209. The Balaban J connectivity index is 3.09. The minimum atomic E-state index is -0.209. The molecule has 94 valence electrons. The van der Waals surface area contributed by atoms with Gasteiger partial charge in [0, 0.05) is 20.6 Å². The molecule has 3 N–H and O–H groups in total. The van der Waals surface area contributed by atoms with Crippen molar-refractivity contribution >= 4 is 27.9 Å². The number of carbonyl (C=O) groups excluding carboxylic acids is 1. The summed E-state index contributed by atoms with van der Waals surface area (Å²) in [6, 6.07) is 0. The van der Waals surface area contributed by atoms with Crippen LogP contribution in [0.1, 0.15) is 9.67 Å². The first kappa shape index (κ1) is 13.4. The van der Waals surface area contributed by atoms with E-state index < -0.39 is 0 Å². The van der Waals surface area contributed by atoms with Crippen LogP contribution < -0.4 is 20.7 Å². The number of anilines is 2. The van der Waals surface area contributed by atoms with Crippen LogP contribution in [0.25, 0.3) is 0 Å². The van der Waals surface area contributed by atoms with Gasteiger partial charge in [0.2, 0.25) is 0 Å². The Hall–Kier alpha value is -1.69. The van der Waals surface area contributed by atoms with Crippen molar-refractivity contribution in [3.05, 3.63) is 17.5 Å². The fourth-order valence-electron chi connectivity index (χ4n) is 1.32. The molecule has 0 radical (unpaired) electrons. The van der Waals surface area contributed by atoms with Gasteiger partial charge in [-0.2, -0.15) is 0 Å². The van der Waals surface area contributed by atoms with Crippen molar-refractivity contribution in [2.75, 3.05) is 38.4 Å². The third kappa shape index (κ3) is 2.71. The van der Waals surface area contributed by atoms with Crippen LogP contribution in [-0.4, -0.2) is 33.7 Å². The van der Waals surface area contributed by atoms with Gasteiger partial charge in [0.05, 0.1) is 7.11 Å². The van der Waals surface area contributed by atoms with Crippen molar-refractivity contribution < 1.29 is 9.53 Å². The van der Waals surface area contributed by atoms with Gasteiger partial charge in [0.25, 0.3) is 5.91 Å². The Morgan fingerprint density at radius 3 is 2.71 bits per heavy atom. The number of methoxy groups -OCH3 is 1. The summed E-state index contributed by atoms with van der Waals surface area (Å²) in [5.41, 5.74) is 6.27. The number of nitrogen functional groups attached to an aromatic ring is 1. The van der Waals surface area contributed by atoms with Crippen LogP contribution in [0.4, 0.5) is 10.7 Å². The van der Waals surface area contributed by atoms with Crippen LogP contribution >= 0.6 is 11.3 Å². The van der Waals surface area contributed by atoms with Crippen LogP contribution in [0.5, 0.6) is 5.75 Å². The van der Waals surface area contributed by atoms with E-state index in [0.29, 0.717) is 22.9 Å². The van der Waals surface area contributed by atoms with Gasteiger partial charge in [-0.05, 0) is 0 Å². The lowest BCUT2D eigenvalue weighted by molar-refractivity contribution is 0.0962. The number of ether oxygens (including phenoxy) is 1. The largest absolute Gasteiger partial charge is 0.492 e. The van der Waals surface area contributed by atoms with Crippen molar-refractivity contribution in [2.24, 2.45) is 0 Å². The summed E-state index contributed by atoms with van der Waals surface area (Å²) in [6.45, 7) is 3.95. The molecular weight excluding hydrogens is 238 g/mol. The number of rotatable bonds is 5. The Labute approximate surface area is 105 Å². The van der Waals surface area contributed by atoms with E-state index in [1.807, 2.05) is 19.0 Å². The molecule has 1 aromatic heterocycles. The van der Waals surface area contributed by atoms with E-state index in [-0.39, 0.29) is 5.91 Å². The molecule has 5 nitrogen and oxygen atoms in total. The molecule has 0 saturated heterocycles. The minimum Gasteiger partial charge on any atom is -0.492 e. The molecule has 0 saturated carbocycles. The van der Waals surface area contributed by atoms with E-state index >= 15 is 0 Å². The average Bonchev–Trinajstić information content (AvgIpc) is 2.63. The van der Waals surface area contributed by atoms with Gasteiger partial charge in [0.1, 0.15) is 15.6 Å². The summed E-state index contributed by atoms with van der Waals surface area (Å²) >= 11 is 1.31. The Morgan fingerprint density at radius 2 is 2.29 bits per heavy atom. The monoisotopic (exact) mass is 255 g/mol. The van der Waals surface area contributed by atoms with Gasteiger partial charge in [-0.15, -0.1) is 17.9 Å². The van der Waals surface area contributed by atoms with E-state index in [1.165, 1.54) is 18.4 Å². The number of hydrogen-bond acceptors (Lipinski definition) is 5. The second-order valence-corrected chi connectivity index (χ2v) is 4.58. The van der Waals surface area contributed by atoms with Crippen molar-refractivity contribution in [3.8, 4) is 5.75 Å². The number of nitrogens with two attached hydrogens (primary N) is 1. The fraction of sp³-hybridized carbons (Fsp3) is 0.364. The second-order valence-electron chi connectivity index (χ2n) is 3.58. The van der Waals surface area contributed by atoms with Gasteiger partial charge < -0.3 is 20.7 Å². The Kier molecular flexibility index (Phi) is 4.39. The highest BCUT2D eigenvalue weighted by atomic mass is 32.1. The normalized spacial score (nSPS) is 9.82. The zero-order valence-corrected chi connectivity index (χ0v) is 11.1. The summed E-state index contributed by atoms with van der Waals surface area (Å²) in [5, 5.41) is 3.52. The maximum Gasteiger partial charge on any atom is 0.263 e. The number of hydrogen-bond donors (Lipinski definition) is 2. The van der Waals surface area contributed by atoms with Gasteiger partial charge in [-0.25, -0.2) is 0 Å². The molecular formula is C11H17N3O2S. The molecule has 0 aromatic carbocycles. The highest BCUT2D eigenvalue weighted by molar-refractivity contribution is 7.19. The molecule has 1 amide bonds. The number of amides is 1. The quantitative estimate of drug-likeness (QED) is 0.779. The van der Waals surface area contributed by atoms with Crippen LogP contribution in [0, 0.1) is 0 Å². The summed E-state index contributed by atoms with van der Waals surface area (Å²) < 4.78 is 5.22. The molecule has 0 spiro atoms. The maximum absolute atomic E-state index is 11.8. The van der Waals surface area contributed by atoms with E-state index in [4.69, 9.17) is 10.5 Å². The number of nitrogens with one attached hydrogen (secondary N) is 1. The van der Waals surface area contributed by atoms with Gasteiger partial charge >= 0.3 is 0 Å². The lowest BCUT2D eigenvalue weighted by Crippen LogP contribution is -2.23. The molecule has 0 fully saturated rings. The summed E-state index contributed by atoms with van der Waals surface area (Å²) in [4.78, 5) is 14.2. The first-order valence-corrected chi connectivity index (χ1v) is 5.87. The lowest BCUT2D eigenvalue weighted by Gasteiger charge is -2.11. The van der Waals surface area contributed by atoms with E-state index in [0.717, 1.165) is 5.00 Å². The van der Waals surface area contributed by atoms with Gasteiger partial charge in [0.15, 0.2) is 5.75 Å². The molecule has 0 aliphatic rings. The maximum atomic E-state index is 11.8.